The highest BCUT2D eigenvalue weighted by Gasteiger charge is 2.30. The van der Waals surface area contributed by atoms with Gasteiger partial charge in [0.25, 0.3) is 0 Å². The number of anilines is 1. The minimum Gasteiger partial charge on any atom is -0.319 e. The second kappa shape index (κ2) is 7.05. The molecule has 0 fully saturated rings. The Morgan fingerprint density at radius 3 is 2.93 bits per heavy atom. The maximum Gasteiger partial charge on any atom is 0.323 e. The molecule has 0 saturated heterocycles. The van der Waals surface area contributed by atoms with Gasteiger partial charge in [-0.1, -0.05) is 24.3 Å². The number of fused-ring (bicyclic) bond motifs is 2. The first-order valence-electron chi connectivity index (χ1n) is 9.78. The predicted molar refractivity (Wildman–Crippen MR) is 110 cm³/mol. The molecule has 0 radical (unpaired) electrons. The van der Waals surface area contributed by atoms with Gasteiger partial charge in [0.2, 0.25) is 0 Å². The molecule has 28 heavy (non-hydrogen) atoms. The van der Waals surface area contributed by atoms with Crippen LogP contribution in [-0.4, -0.2) is 32.2 Å². The van der Waals surface area contributed by atoms with Gasteiger partial charge in [0.05, 0.1) is 11.9 Å². The van der Waals surface area contributed by atoms with E-state index in [0.717, 1.165) is 23.5 Å². The Labute approximate surface area is 168 Å². The summed E-state index contributed by atoms with van der Waals surface area (Å²) in [7, 11) is 1.92. The van der Waals surface area contributed by atoms with Gasteiger partial charge in [-0.2, -0.15) is 5.10 Å². The van der Waals surface area contributed by atoms with E-state index >= 15 is 0 Å². The lowest BCUT2D eigenvalue weighted by Gasteiger charge is -2.34. The van der Waals surface area contributed by atoms with Crippen molar-refractivity contribution in [1.82, 2.24) is 19.7 Å². The number of amides is 2. The van der Waals surface area contributed by atoms with E-state index in [9.17, 15) is 4.79 Å². The molecule has 6 nitrogen and oxygen atoms in total. The summed E-state index contributed by atoms with van der Waals surface area (Å²) >= 11 is 1.63. The molecule has 0 bridgehead atoms. The average Bonchev–Trinajstić information content (AvgIpc) is 3.32. The van der Waals surface area contributed by atoms with Crippen LogP contribution in [0.25, 0.3) is 0 Å². The van der Waals surface area contributed by atoms with Gasteiger partial charge in [-0.25, -0.2) is 9.78 Å². The molecule has 5 rings (SSSR count). The smallest absolute Gasteiger partial charge is 0.319 e. The molecule has 1 aromatic carbocycles. The summed E-state index contributed by atoms with van der Waals surface area (Å²) in [5, 5.41) is 8.11. The Morgan fingerprint density at radius 1 is 1.25 bits per heavy atom. The van der Waals surface area contributed by atoms with Crippen LogP contribution in [0.3, 0.4) is 0 Å². The van der Waals surface area contributed by atoms with Crippen LogP contribution in [0, 0.1) is 0 Å². The van der Waals surface area contributed by atoms with Crippen molar-refractivity contribution in [1.29, 1.82) is 0 Å². The van der Waals surface area contributed by atoms with Gasteiger partial charge in [0.15, 0.2) is 5.13 Å². The summed E-state index contributed by atoms with van der Waals surface area (Å²) in [6, 6.07) is 8.31. The lowest BCUT2D eigenvalue weighted by atomic mass is 9.86. The van der Waals surface area contributed by atoms with E-state index in [1.807, 2.05) is 35.1 Å². The minimum absolute atomic E-state index is 0.0745. The molecule has 1 N–H and O–H groups in total. The highest BCUT2D eigenvalue weighted by atomic mass is 32.1. The molecule has 7 heteroatoms. The van der Waals surface area contributed by atoms with Gasteiger partial charge in [-0.3, -0.25) is 10.00 Å². The SMILES string of the molecule is Cn1cc(C2CN(C(=O)Nc3nc4c(s3)CCCC4)Cc3ccccc32)cn1. The van der Waals surface area contributed by atoms with Crippen molar-refractivity contribution in [3.63, 3.8) is 0 Å². The second-order valence-corrected chi connectivity index (χ2v) is 8.69. The average molecular weight is 394 g/mol. The number of thiazole rings is 1. The van der Waals surface area contributed by atoms with E-state index in [1.54, 1.807) is 11.3 Å². The summed E-state index contributed by atoms with van der Waals surface area (Å²) in [6.45, 7) is 1.25. The molecule has 1 aliphatic carbocycles. The lowest BCUT2D eigenvalue weighted by molar-refractivity contribution is 0.203. The highest BCUT2D eigenvalue weighted by molar-refractivity contribution is 7.15. The number of nitrogens with zero attached hydrogens (tertiary/aromatic N) is 4. The number of rotatable bonds is 2. The van der Waals surface area contributed by atoms with Crippen molar-refractivity contribution in [3.05, 3.63) is 63.9 Å². The van der Waals surface area contributed by atoms with Crippen molar-refractivity contribution in [2.24, 2.45) is 7.05 Å². The summed E-state index contributed by atoms with van der Waals surface area (Å²) in [6.07, 6.45) is 8.47. The Kier molecular flexibility index (Phi) is 4.39. The fraction of sp³-hybridized carbons (Fsp3) is 0.381. The predicted octanol–water partition coefficient (Wildman–Crippen LogP) is 3.94. The summed E-state index contributed by atoms with van der Waals surface area (Å²) < 4.78 is 1.82. The molecule has 144 valence electrons. The number of aromatic nitrogens is 3. The molecule has 0 saturated carbocycles. The van der Waals surface area contributed by atoms with Crippen LogP contribution in [-0.2, 0) is 26.4 Å². The molecule has 2 amide bonds. The van der Waals surface area contributed by atoms with Crippen LogP contribution in [0.4, 0.5) is 9.93 Å². The first-order chi connectivity index (χ1) is 13.7. The number of urea groups is 1. The van der Waals surface area contributed by atoms with Gasteiger partial charge in [0.1, 0.15) is 0 Å². The van der Waals surface area contributed by atoms with E-state index < -0.39 is 0 Å². The van der Waals surface area contributed by atoms with E-state index in [0.29, 0.717) is 13.1 Å². The Balaban J connectivity index is 1.39. The zero-order valence-electron chi connectivity index (χ0n) is 15.9. The molecular weight excluding hydrogens is 370 g/mol. The number of hydrogen-bond acceptors (Lipinski definition) is 4. The number of carbonyl (C=O) groups excluding carboxylic acids is 1. The molecule has 1 aliphatic heterocycles. The first-order valence-corrected chi connectivity index (χ1v) is 10.6. The zero-order valence-corrected chi connectivity index (χ0v) is 16.7. The third-order valence-corrected chi connectivity index (χ3v) is 6.74. The Hall–Kier alpha value is -2.67. The molecule has 1 atom stereocenters. The zero-order chi connectivity index (χ0) is 19.1. The number of carbonyl (C=O) groups is 1. The van der Waals surface area contributed by atoms with E-state index in [4.69, 9.17) is 0 Å². The van der Waals surface area contributed by atoms with Gasteiger partial charge in [-0.15, -0.1) is 11.3 Å². The van der Waals surface area contributed by atoms with Crippen LogP contribution < -0.4 is 5.32 Å². The van der Waals surface area contributed by atoms with Crippen LogP contribution in [0.5, 0.6) is 0 Å². The molecule has 3 heterocycles. The number of nitrogens with one attached hydrogen (secondary N) is 1. The van der Waals surface area contributed by atoms with Gasteiger partial charge < -0.3 is 4.90 Å². The maximum atomic E-state index is 13.0. The summed E-state index contributed by atoms with van der Waals surface area (Å²) in [5.74, 6) is 0.133. The van der Waals surface area contributed by atoms with Crippen LogP contribution in [0.15, 0.2) is 36.7 Å². The van der Waals surface area contributed by atoms with Gasteiger partial charge in [-0.05, 0) is 42.4 Å². The molecule has 1 unspecified atom stereocenters. The van der Waals surface area contributed by atoms with E-state index in [1.165, 1.54) is 34.5 Å². The van der Waals surface area contributed by atoms with Crippen molar-refractivity contribution in [2.45, 2.75) is 38.1 Å². The number of aryl methyl sites for hydroxylation is 3. The van der Waals surface area contributed by atoms with Crippen molar-refractivity contribution >= 4 is 22.5 Å². The fourth-order valence-corrected chi connectivity index (χ4v) is 5.28. The molecule has 3 aromatic rings. The standard InChI is InChI=1S/C21H23N5OS/c1-25-11-15(10-22-25)17-13-26(12-14-6-2-3-7-16(14)17)21(27)24-20-23-18-8-4-5-9-19(18)28-20/h2-3,6-7,10-11,17H,4-5,8-9,12-13H2,1H3,(H,23,24,27). The Bertz CT molecular complexity index is 1000. The van der Waals surface area contributed by atoms with Crippen molar-refractivity contribution < 1.29 is 4.79 Å². The molecule has 2 aromatic heterocycles. The fourth-order valence-electron chi connectivity index (χ4n) is 4.24. The highest BCUT2D eigenvalue weighted by Crippen LogP contribution is 2.34. The van der Waals surface area contributed by atoms with E-state index in [-0.39, 0.29) is 11.9 Å². The third kappa shape index (κ3) is 3.20. The van der Waals surface area contributed by atoms with Crippen LogP contribution >= 0.6 is 11.3 Å². The third-order valence-electron chi connectivity index (χ3n) is 5.67. The quantitative estimate of drug-likeness (QED) is 0.717. The molecular formula is C21H23N5OS. The monoisotopic (exact) mass is 393 g/mol. The van der Waals surface area contributed by atoms with Gasteiger partial charge >= 0.3 is 6.03 Å². The lowest BCUT2D eigenvalue weighted by Crippen LogP contribution is -2.41. The minimum atomic E-state index is -0.0745. The summed E-state index contributed by atoms with van der Waals surface area (Å²) in [5.41, 5.74) is 4.78. The van der Waals surface area contributed by atoms with Gasteiger partial charge in [0, 0.05) is 37.1 Å². The molecule has 0 spiro atoms. The Morgan fingerprint density at radius 2 is 2.11 bits per heavy atom. The maximum absolute atomic E-state index is 13.0. The largest absolute Gasteiger partial charge is 0.323 e. The van der Waals surface area contributed by atoms with Crippen LogP contribution in [0.2, 0.25) is 0 Å². The first kappa shape index (κ1) is 17.4. The normalized spacial score (nSPS) is 18.5. The molecule has 2 aliphatic rings. The number of benzene rings is 1. The van der Waals surface area contributed by atoms with E-state index in [2.05, 4.69) is 33.6 Å². The van der Waals surface area contributed by atoms with Crippen LogP contribution in [0.1, 0.15) is 46.0 Å². The van der Waals surface area contributed by atoms with Crippen molar-refractivity contribution in [2.75, 3.05) is 11.9 Å². The second-order valence-electron chi connectivity index (χ2n) is 7.61. The topological polar surface area (TPSA) is 63.1 Å². The number of hydrogen-bond donors (Lipinski definition) is 1. The summed E-state index contributed by atoms with van der Waals surface area (Å²) in [4.78, 5) is 20.9. The van der Waals surface area contributed by atoms with Crippen molar-refractivity contribution in [3.8, 4) is 0 Å².